The van der Waals surface area contributed by atoms with Gasteiger partial charge in [-0.15, -0.1) is 11.3 Å². The van der Waals surface area contributed by atoms with Gasteiger partial charge >= 0.3 is 5.97 Å². The van der Waals surface area contributed by atoms with Crippen molar-refractivity contribution in [3.05, 3.63) is 50.9 Å². The van der Waals surface area contributed by atoms with E-state index >= 15 is 0 Å². The van der Waals surface area contributed by atoms with E-state index in [4.69, 9.17) is 22.1 Å². The molecule has 0 saturated heterocycles. The van der Waals surface area contributed by atoms with Crippen molar-refractivity contribution in [3.8, 4) is 0 Å². The summed E-state index contributed by atoms with van der Waals surface area (Å²) in [6, 6.07) is 7.15. The molecule has 4 nitrogen and oxygen atoms in total. The molecular weight excluding hydrogens is 284 g/mol. The minimum Gasteiger partial charge on any atom is -0.456 e. The molecule has 0 aliphatic rings. The fraction of sp³-hybridized carbons (Fsp3) is 0.231. The van der Waals surface area contributed by atoms with E-state index < -0.39 is 5.97 Å². The van der Waals surface area contributed by atoms with Crippen LogP contribution >= 0.6 is 22.9 Å². The van der Waals surface area contributed by atoms with Crippen molar-refractivity contribution in [2.24, 2.45) is 5.73 Å². The van der Waals surface area contributed by atoms with Crippen molar-refractivity contribution in [1.29, 1.82) is 0 Å². The Morgan fingerprint density at radius 3 is 2.79 bits per heavy atom. The van der Waals surface area contributed by atoms with Crippen LogP contribution in [0.25, 0.3) is 0 Å². The van der Waals surface area contributed by atoms with Crippen LogP contribution in [-0.2, 0) is 17.8 Å². The first kappa shape index (κ1) is 14.0. The molecule has 1 heterocycles. The Morgan fingerprint density at radius 2 is 2.11 bits per heavy atom. The van der Waals surface area contributed by atoms with Gasteiger partial charge in [0.25, 0.3) is 0 Å². The van der Waals surface area contributed by atoms with Crippen molar-refractivity contribution >= 4 is 28.9 Å². The van der Waals surface area contributed by atoms with Crippen LogP contribution in [0.5, 0.6) is 0 Å². The smallest absolute Gasteiger partial charge is 0.358 e. The molecule has 6 heteroatoms. The molecular formula is C13H13ClN2O2S. The van der Waals surface area contributed by atoms with Gasteiger partial charge in [-0.1, -0.05) is 23.7 Å². The molecule has 19 heavy (non-hydrogen) atoms. The molecule has 0 saturated carbocycles. The molecule has 0 spiro atoms. The predicted molar refractivity (Wildman–Crippen MR) is 75.4 cm³/mol. The number of carbonyl (C=O) groups is 1. The molecule has 2 N–H and O–H groups in total. The molecule has 0 aliphatic carbocycles. The second-order valence-electron chi connectivity index (χ2n) is 3.87. The quantitative estimate of drug-likeness (QED) is 0.862. The van der Waals surface area contributed by atoms with Crippen molar-refractivity contribution in [3.63, 3.8) is 0 Å². The van der Waals surface area contributed by atoms with Gasteiger partial charge in [-0.3, -0.25) is 0 Å². The van der Waals surface area contributed by atoms with E-state index in [-0.39, 0.29) is 6.61 Å². The number of aromatic nitrogens is 1. The maximum atomic E-state index is 11.8. The van der Waals surface area contributed by atoms with E-state index in [0.717, 1.165) is 10.6 Å². The zero-order valence-corrected chi connectivity index (χ0v) is 11.7. The maximum Gasteiger partial charge on any atom is 0.358 e. The van der Waals surface area contributed by atoms with E-state index in [0.29, 0.717) is 23.7 Å². The Hall–Kier alpha value is -1.43. The molecule has 0 fully saturated rings. The van der Waals surface area contributed by atoms with E-state index in [9.17, 15) is 4.79 Å². The summed E-state index contributed by atoms with van der Waals surface area (Å²) in [7, 11) is 0. The third-order valence-electron chi connectivity index (χ3n) is 2.40. The summed E-state index contributed by atoms with van der Waals surface area (Å²) in [6.45, 7) is 0.729. The van der Waals surface area contributed by atoms with Crippen LogP contribution in [0.1, 0.15) is 21.1 Å². The minimum absolute atomic E-state index is 0.208. The third kappa shape index (κ3) is 4.02. The lowest BCUT2D eigenvalue weighted by molar-refractivity contribution is 0.0466. The largest absolute Gasteiger partial charge is 0.456 e. The number of hydrogen-bond acceptors (Lipinski definition) is 5. The van der Waals surface area contributed by atoms with Crippen molar-refractivity contribution < 1.29 is 9.53 Å². The molecule has 0 aliphatic heterocycles. The highest BCUT2D eigenvalue weighted by molar-refractivity contribution is 7.09. The standard InChI is InChI=1S/C13H13ClN2O2S/c14-10-3-1-9(2-4-10)7-18-13(17)11-8-19-12(16-11)5-6-15/h1-4,8H,5-7,15H2. The lowest BCUT2D eigenvalue weighted by Crippen LogP contribution is -2.07. The normalized spacial score (nSPS) is 10.4. The van der Waals surface area contributed by atoms with Gasteiger partial charge in [-0.05, 0) is 24.2 Å². The average Bonchev–Trinajstić information content (AvgIpc) is 2.87. The molecule has 0 bridgehead atoms. The topological polar surface area (TPSA) is 65.2 Å². The summed E-state index contributed by atoms with van der Waals surface area (Å²) in [5.41, 5.74) is 6.65. The summed E-state index contributed by atoms with van der Waals surface area (Å²) in [5.74, 6) is -0.422. The lowest BCUT2D eigenvalue weighted by Gasteiger charge is -2.03. The number of benzene rings is 1. The van der Waals surface area contributed by atoms with Gasteiger partial charge in [0.1, 0.15) is 6.61 Å². The molecule has 1 aromatic carbocycles. The molecule has 1 aromatic heterocycles. The number of nitrogens with two attached hydrogens (primary N) is 1. The van der Waals surface area contributed by atoms with Crippen LogP contribution in [0, 0.1) is 0 Å². The highest BCUT2D eigenvalue weighted by Gasteiger charge is 2.12. The summed E-state index contributed by atoms with van der Waals surface area (Å²) < 4.78 is 5.18. The Balaban J connectivity index is 1.91. The summed E-state index contributed by atoms with van der Waals surface area (Å²) in [5, 5.41) is 3.19. The number of carbonyl (C=O) groups excluding carboxylic acids is 1. The van der Waals surface area contributed by atoms with Crippen LogP contribution in [0.15, 0.2) is 29.6 Å². The minimum atomic E-state index is -0.422. The fourth-order valence-electron chi connectivity index (χ4n) is 1.45. The molecule has 2 aromatic rings. The number of thiazole rings is 1. The molecule has 0 unspecified atom stereocenters. The molecule has 0 radical (unpaired) electrons. The van der Waals surface area contributed by atoms with E-state index in [1.54, 1.807) is 17.5 Å². The highest BCUT2D eigenvalue weighted by Crippen LogP contribution is 2.13. The number of halogens is 1. The number of rotatable bonds is 5. The van der Waals surface area contributed by atoms with Crippen molar-refractivity contribution in [2.75, 3.05) is 6.54 Å². The molecule has 0 atom stereocenters. The first-order valence-electron chi connectivity index (χ1n) is 5.75. The van der Waals surface area contributed by atoms with Gasteiger partial charge in [0.2, 0.25) is 0 Å². The van der Waals surface area contributed by atoms with Crippen LogP contribution in [0.3, 0.4) is 0 Å². The first-order chi connectivity index (χ1) is 9.19. The monoisotopic (exact) mass is 296 g/mol. The Bertz CT molecular complexity index is 554. The Kier molecular flexibility index (Phi) is 4.90. The van der Waals surface area contributed by atoms with Crippen LogP contribution in [0.2, 0.25) is 5.02 Å². The van der Waals surface area contributed by atoms with Gasteiger partial charge < -0.3 is 10.5 Å². The maximum absolute atomic E-state index is 11.8. The van der Waals surface area contributed by atoms with Crippen LogP contribution < -0.4 is 5.73 Å². The van der Waals surface area contributed by atoms with Gasteiger partial charge in [0.15, 0.2) is 5.69 Å². The number of ether oxygens (including phenoxy) is 1. The molecule has 100 valence electrons. The van der Waals surface area contributed by atoms with Gasteiger partial charge in [-0.2, -0.15) is 0 Å². The lowest BCUT2D eigenvalue weighted by atomic mass is 10.2. The Labute approximate surface area is 120 Å². The van der Waals surface area contributed by atoms with Crippen molar-refractivity contribution in [2.45, 2.75) is 13.0 Å². The summed E-state index contributed by atoms with van der Waals surface area (Å²) in [6.07, 6.45) is 0.676. The summed E-state index contributed by atoms with van der Waals surface area (Å²) in [4.78, 5) is 15.9. The second kappa shape index (κ2) is 6.65. The van der Waals surface area contributed by atoms with Crippen LogP contribution in [0.4, 0.5) is 0 Å². The number of hydrogen-bond donors (Lipinski definition) is 1. The van der Waals surface area contributed by atoms with E-state index in [1.807, 2.05) is 12.1 Å². The second-order valence-corrected chi connectivity index (χ2v) is 5.25. The fourth-order valence-corrected chi connectivity index (χ4v) is 2.36. The molecule has 0 amide bonds. The van der Waals surface area contributed by atoms with Crippen molar-refractivity contribution in [1.82, 2.24) is 4.98 Å². The van der Waals surface area contributed by atoms with Gasteiger partial charge in [-0.25, -0.2) is 9.78 Å². The highest BCUT2D eigenvalue weighted by atomic mass is 35.5. The van der Waals surface area contributed by atoms with Gasteiger partial charge in [0.05, 0.1) is 5.01 Å². The first-order valence-corrected chi connectivity index (χ1v) is 7.01. The molecule has 2 rings (SSSR count). The summed E-state index contributed by atoms with van der Waals surface area (Å²) >= 11 is 7.19. The van der Waals surface area contributed by atoms with E-state index in [2.05, 4.69) is 4.98 Å². The average molecular weight is 297 g/mol. The zero-order valence-electron chi connectivity index (χ0n) is 10.1. The SMILES string of the molecule is NCCc1nc(C(=O)OCc2ccc(Cl)cc2)cs1. The predicted octanol–water partition coefficient (Wildman–Crippen LogP) is 2.65. The van der Waals surface area contributed by atoms with Gasteiger partial charge in [0, 0.05) is 16.8 Å². The number of nitrogens with zero attached hydrogens (tertiary/aromatic N) is 1. The third-order valence-corrected chi connectivity index (χ3v) is 3.56. The number of esters is 1. The van der Waals surface area contributed by atoms with Crippen LogP contribution in [-0.4, -0.2) is 17.5 Å². The van der Waals surface area contributed by atoms with E-state index in [1.165, 1.54) is 11.3 Å². The zero-order chi connectivity index (χ0) is 13.7. The Morgan fingerprint density at radius 1 is 1.37 bits per heavy atom.